The highest BCUT2D eigenvalue weighted by molar-refractivity contribution is 14.1. The summed E-state index contributed by atoms with van der Waals surface area (Å²) in [6.07, 6.45) is 1.64. The Labute approximate surface area is 92.5 Å². The molecule has 0 saturated carbocycles. The molecule has 0 atom stereocenters. The van der Waals surface area contributed by atoms with E-state index < -0.39 is 0 Å². The molecule has 2 aromatic heterocycles. The summed E-state index contributed by atoms with van der Waals surface area (Å²) in [5.41, 5.74) is 1.54. The smallest absolute Gasteiger partial charge is 0.194 e. The quantitative estimate of drug-likeness (QED) is 0.658. The number of pyridine rings is 1. The highest BCUT2D eigenvalue weighted by Gasteiger charge is 2.03. The van der Waals surface area contributed by atoms with E-state index in [2.05, 4.69) is 13.5 Å². The van der Waals surface area contributed by atoms with Crippen LogP contribution in [-0.4, -0.2) is 15.1 Å². The van der Waals surface area contributed by atoms with Crippen LogP contribution in [0.3, 0.4) is 0 Å². The van der Waals surface area contributed by atoms with Crippen molar-refractivity contribution in [3.8, 4) is 0 Å². The van der Waals surface area contributed by atoms with Crippen LogP contribution in [0.4, 0.5) is 5.13 Å². The average molecular weight is 307 g/mol. The molecule has 13 heavy (non-hydrogen) atoms. The van der Waals surface area contributed by atoms with Crippen LogP contribution in [0.25, 0.3) is 10.3 Å². The zero-order valence-electron chi connectivity index (χ0n) is 6.49. The van der Waals surface area contributed by atoms with Crippen LogP contribution >= 0.6 is 34.2 Å². The fourth-order valence-electron chi connectivity index (χ4n) is 0.987. The van der Waals surface area contributed by atoms with Gasteiger partial charge in [0.05, 0.1) is 34.2 Å². The molecule has 0 aliphatic heterocycles. The molecule has 2 N–H and O–H groups in total. The normalized spacial score (nSPS) is 10.6. The van der Waals surface area contributed by atoms with Gasteiger partial charge in [-0.2, -0.15) is 4.98 Å². The number of aromatic nitrogens is 2. The first kappa shape index (κ1) is 9.10. The average Bonchev–Trinajstić information content (AvgIpc) is 2.58. The molecule has 0 aromatic carbocycles. The molecule has 68 valence electrons. The number of thiazole rings is 1. The SMILES string of the molecule is OCc1cnc2nc(NI)sc2c1. The maximum atomic E-state index is 8.89. The van der Waals surface area contributed by atoms with E-state index in [-0.39, 0.29) is 6.61 Å². The Morgan fingerprint density at radius 3 is 3.15 bits per heavy atom. The minimum atomic E-state index is 0.0217. The Balaban J connectivity index is 2.57. The molecule has 0 fully saturated rings. The summed E-state index contributed by atoms with van der Waals surface area (Å²) in [7, 11) is 0. The molecule has 2 aromatic rings. The Hall–Kier alpha value is -0.470. The van der Waals surface area contributed by atoms with Crippen molar-refractivity contribution < 1.29 is 5.11 Å². The van der Waals surface area contributed by atoms with Crippen molar-refractivity contribution in [1.29, 1.82) is 0 Å². The maximum absolute atomic E-state index is 8.89. The number of hydrogen-bond acceptors (Lipinski definition) is 5. The lowest BCUT2D eigenvalue weighted by atomic mass is 10.3. The van der Waals surface area contributed by atoms with Crippen LogP contribution < -0.4 is 3.53 Å². The van der Waals surface area contributed by atoms with Crippen LogP contribution in [0.2, 0.25) is 0 Å². The van der Waals surface area contributed by atoms with E-state index in [1.165, 1.54) is 11.3 Å². The van der Waals surface area contributed by atoms with Gasteiger partial charge >= 0.3 is 0 Å². The summed E-state index contributed by atoms with van der Waals surface area (Å²) in [5.74, 6) is 0. The van der Waals surface area contributed by atoms with Gasteiger partial charge in [0.2, 0.25) is 0 Å². The van der Waals surface area contributed by atoms with Crippen LogP contribution in [0.1, 0.15) is 5.56 Å². The molecule has 0 radical (unpaired) electrons. The van der Waals surface area contributed by atoms with E-state index >= 15 is 0 Å². The topological polar surface area (TPSA) is 58.0 Å². The molecule has 4 nitrogen and oxygen atoms in total. The lowest BCUT2D eigenvalue weighted by Gasteiger charge is -1.92. The Morgan fingerprint density at radius 2 is 2.46 bits per heavy atom. The molecule has 2 rings (SSSR count). The first-order valence-corrected chi connectivity index (χ1v) is 5.46. The van der Waals surface area contributed by atoms with E-state index in [0.29, 0.717) is 0 Å². The van der Waals surface area contributed by atoms with Gasteiger partial charge in [0.25, 0.3) is 0 Å². The van der Waals surface area contributed by atoms with Gasteiger partial charge < -0.3 is 8.64 Å². The van der Waals surface area contributed by atoms with Gasteiger partial charge in [-0.15, -0.1) is 0 Å². The lowest BCUT2D eigenvalue weighted by molar-refractivity contribution is 0.281. The number of rotatable bonds is 2. The van der Waals surface area contributed by atoms with Crippen LogP contribution in [0.15, 0.2) is 12.3 Å². The van der Waals surface area contributed by atoms with E-state index in [1.807, 2.05) is 28.9 Å². The number of anilines is 1. The summed E-state index contributed by atoms with van der Waals surface area (Å²) < 4.78 is 3.92. The first-order valence-electron chi connectivity index (χ1n) is 3.56. The van der Waals surface area contributed by atoms with Crippen molar-refractivity contribution in [3.63, 3.8) is 0 Å². The summed E-state index contributed by atoms with van der Waals surface area (Å²) in [6, 6.07) is 1.90. The second-order valence-corrected chi connectivity index (χ2v) is 4.01. The maximum Gasteiger partial charge on any atom is 0.194 e. The second kappa shape index (κ2) is 3.72. The zero-order valence-corrected chi connectivity index (χ0v) is 9.46. The lowest BCUT2D eigenvalue weighted by Crippen LogP contribution is -1.84. The van der Waals surface area contributed by atoms with E-state index in [0.717, 1.165) is 21.0 Å². The summed E-state index contributed by atoms with van der Waals surface area (Å²) in [5, 5.41) is 9.72. The molecular weight excluding hydrogens is 301 g/mol. The van der Waals surface area contributed by atoms with Crippen molar-refractivity contribution in [2.75, 3.05) is 3.53 Å². The monoisotopic (exact) mass is 307 g/mol. The van der Waals surface area contributed by atoms with Crippen LogP contribution in [-0.2, 0) is 6.61 Å². The fourth-order valence-corrected chi connectivity index (χ4v) is 2.22. The second-order valence-electron chi connectivity index (χ2n) is 2.44. The van der Waals surface area contributed by atoms with Crippen LogP contribution in [0, 0.1) is 0 Å². The summed E-state index contributed by atoms with van der Waals surface area (Å²) in [6.45, 7) is 0.0217. The molecule has 0 unspecified atom stereocenters. The Kier molecular flexibility index (Phi) is 2.61. The molecule has 0 aliphatic rings. The van der Waals surface area contributed by atoms with Crippen molar-refractivity contribution in [2.45, 2.75) is 6.61 Å². The number of nitrogens with one attached hydrogen (secondary N) is 1. The van der Waals surface area contributed by atoms with E-state index in [9.17, 15) is 0 Å². The van der Waals surface area contributed by atoms with Gasteiger partial charge in [0.1, 0.15) is 0 Å². The van der Waals surface area contributed by atoms with Crippen molar-refractivity contribution in [2.24, 2.45) is 0 Å². The van der Waals surface area contributed by atoms with Gasteiger partial charge in [-0.3, -0.25) is 0 Å². The van der Waals surface area contributed by atoms with Crippen molar-refractivity contribution >= 4 is 49.7 Å². The third-order valence-electron chi connectivity index (χ3n) is 1.57. The highest BCUT2D eigenvalue weighted by Crippen LogP contribution is 2.25. The minimum Gasteiger partial charge on any atom is -0.392 e. The Morgan fingerprint density at radius 1 is 1.62 bits per heavy atom. The predicted octanol–water partition coefficient (Wildman–Crippen LogP) is 1.95. The van der Waals surface area contributed by atoms with Gasteiger partial charge in [-0.25, -0.2) is 4.98 Å². The Bertz CT molecular complexity index is 429. The first-order chi connectivity index (χ1) is 6.33. The fraction of sp³-hybridized carbons (Fsp3) is 0.143. The third-order valence-corrected chi connectivity index (χ3v) is 3.35. The van der Waals surface area contributed by atoms with Gasteiger partial charge in [-0.05, 0) is 11.6 Å². The van der Waals surface area contributed by atoms with Crippen LogP contribution in [0.5, 0.6) is 0 Å². The summed E-state index contributed by atoms with van der Waals surface area (Å²) >= 11 is 3.55. The highest BCUT2D eigenvalue weighted by atomic mass is 127. The predicted molar refractivity (Wildman–Crippen MR) is 61.0 cm³/mol. The number of fused-ring (bicyclic) bond motifs is 1. The largest absolute Gasteiger partial charge is 0.392 e. The number of aliphatic hydroxyl groups is 1. The molecule has 0 bridgehead atoms. The molecule has 0 spiro atoms. The molecule has 6 heteroatoms. The van der Waals surface area contributed by atoms with Gasteiger partial charge in [-0.1, -0.05) is 11.3 Å². The van der Waals surface area contributed by atoms with Crippen molar-refractivity contribution in [3.05, 3.63) is 17.8 Å². The number of nitrogens with zero attached hydrogens (tertiary/aromatic N) is 2. The molecule has 2 heterocycles. The number of halogens is 1. The number of aliphatic hydroxyl groups excluding tert-OH is 1. The van der Waals surface area contributed by atoms with Crippen molar-refractivity contribution in [1.82, 2.24) is 9.97 Å². The number of hydrogen-bond donors (Lipinski definition) is 2. The van der Waals surface area contributed by atoms with Gasteiger partial charge in [0.15, 0.2) is 10.8 Å². The summed E-state index contributed by atoms with van der Waals surface area (Å²) in [4.78, 5) is 8.33. The van der Waals surface area contributed by atoms with E-state index in [1.54, 1.807) is 6.20 Å². The molecule has 0 aliphatic carbocycles. The molecular formula is C7H6IN3OS. The zero-order chi connectivity index (χ0) is 9.26. The molecule has 0 saturated heterocycles. The minimum absolute atomic E-state index is 0.0217. The molecule has 0 amide bonds. The van der Waals surface area contributed by atoms with Gasteiger partial charge in [0, 0.05) is 6.20 Å². The standard InChI is InChI=1S/C7H6IN3OS/c8-11-7-10-6-5(13-7)1-4(3-12)2-9-6/h1-2,12H,3H2,(H,9,10,11). The van der Waals surface area contributed by atoms with E-state index in [4.69, 9.17) is 5.11 Å². The third kappa shape index (κ3) is 1.74.